The van der Waals surface area contributed by atoms with Gasteiger partial charge in [0.05, 0.1) is 4.90 Å². The van der Waals surface area contributed by atoms with E-state index in [-0.39, 0.29) is 17.0 Å². The molecule has 0 aliphatic carbocycles. The van der Waals surface area contributed by atoms with Crippen molar-refractivity contribution < 1.29 is 12.8 Å². The van der Waals surface area contributed by atoms with Gasteiger partial charge in [0.25, 0.3) is 0 Å². The number of nitrogens with one attached hydrogen (secondary N) is 1. The van der Waals surface area contributed by atoms with Crippen LogP contribution in [0.25, 0.3) is 0 Å². The Kier molecular flexibility index (Phi) is 6.58. The van der Waals surface area contributed by atoms with Gasteiger partial charge in [0.15, 0.2) is 0 Å². The van der Waals surface area contributed by atoms with Gasteiger partial charge >= 0.3 is 0 Å². The Bertz CT molecular complexity index is 544. The first-order chi connectivity index (χ1) is 9.42. The summed E-state index contributed by atoms with van der Waals surface area (Å²) in [5.74, 6) is -0.436. The number of halogens is 1. The Morgan fingerprint density at radius 1 is 1.25 bits per heavy atom. The van der Waals surface area contributed by atoms with Crippen molar-refractivity contribution in [3.63, 3.8) is 0 Å². The molecule has 0 amide bonds. The van der Waals surface area contributed by atoms with Crippen LogP contribution in [0, 0.1) is 12.7 Å². The Hall–Kier alpha value is -0.980. The highest BCUT2D eigenvalue weighted by Crippen LogP contribution is 2.19. The molecule has 0 unspecified atom stereocenters. The molecule has 0 aliphatic heterocycles. The van der Waals surface area contributed by atoms with Gasteiger partial charge in [0.1, 0.15) is 5.82 Å². The van der Waals surface area contributed by atoms with Crippen molar-refractivity contribution in [2.24, 2.45) is 5.73 Å². The van der Waals surface area contributed by atoms with Gasteiger partial charge < -0.3 is 5.73 Å². The molecule has 6 heteroatoms. The van der Waals surface area contributed by atoms with Crippen LogP contribution in [0.3, 0.4) is 0 Å². The van der Waals surface area contributed by atoms with E-state index in [1.165, 1.54) is 19.1 Å². The van der Waals surface area contributed by atoms with Crippen molar-refractivity contribution in [3.05, 3.63) is 29.1 Å². The summed E-state index contributed by atoms with van der Waals surface area (Å²) in [6, 6.07) is 2.64. The van der Waals surface area contributed by atoms with E-state index in [0.29, 0.717) is 12.1 Å². The fourth-order valence-electron chi connectivity index (χ4n) is 1.95. The molecule has 1 aromatic rings. The highest BCUT2D eigenvalue weighted by Gasteiger charge is 2.17. The molecule has 0 fully saturated rings. The standard InChI is InChI=1S/C14H23FN2O2S/c1-3-4-5-6-7-17-20(18,19)13-8-11(2)14(15)12(9-13)10-16/h8-9,17H,3-7,10,16H2,1-2H3. The number of sulfonamides is 1. The number of hydrogen-bond donors (Lipinski definition) is 2. The predicted octanol–water partition coefficient (Wildman–Crippen LogP) is 2.45. The first-order valence-electron chi connectivity index (χ1n) is 6.91. The molecule has 0 saturated heterocycles. The van der Waals surface area contributed by atoms with Gasteiger partial charge in [-0.05, 0) is 31.0 Å². The molecular weight excluding hydrogens is 279 g/mol. The van der Waals surface area contributed by atoms with E-state index in [9.17, 15) is 12.8 Å². The van der Waals surface area contributed by atoms with Crippen molar-refractivity contribution in [2.75, 3.05) is 6.54 Å². The van der Waals surface area contributed by atoms with E-state index in [4.69, 9.17) is 5.73 Å². The summed E-state index contributed by atoms with van der Waals surface area (Å²) in [4.78, 5) is 0.0762. The molecule has 1 aromatic carbocycles. The number of unbranched alkanes of at least 4 members (excludes halogenated alkanes) is 3. The highest BCUT2D eigenvalue weighted by atomic mass is 32.2. The minimum absolute atomic E-state index is 0.0213. The smallest absolute Gasteiger partial charge is 0.240 e. The lowest BCUT2D eigenvalue weighted by Gasteiger charge is -2.10. The zero-order valence-electron chi connectivity index (χ0n) is 12.1. The topological polar surface area (TPSA) is 72.2 Å². The van der Waals surface area contributed by atoms with E-state index in [1.807, 2.05) is 0 Å². The number of hydrogen-bond acceptors (Lipinski definition) is 3. The van der Waals surface area contributed by atoms with Crippen molar-refractivity contribution in [1.82, 2.24) is 4.72 Å². The summed E-state index contributed by atoms with van der Waals surface area (Å²) < 4.78 is 40.5. The molecule has 0 aromatic heterocycles. The molecule has 0 aliphatic rings. The summed E-state index contributed by atoms with van der Waals surface area (Å²) in [7, 11) is -3.59. The van der Waals surface area contributed by atoms with E-state index in [0.717, 1.165) is 25.7 Å². The molecule has 3 N–H and O–H groups in total. The van der Waals surface area contributed by atoms with Crippen LogP contribution in [-0.4, -0.2) is 15.0 Å². The lowest BCUT2D eigenvalue weighted by Crippen LogP contribution is -2.25. The molecule has 0 spiro atoms. The van der Waals surface area contributed by atoms with Crippen LogP contribution in [0.2, 0.25) is 0 Å². The first kappa shape index (κ1) is 17.1. The largest absolute Gasteiger partial charge is 0.326 e. The van der Waals surface area contributed by atoms with Gasteiger partial charge in [-0.1, -0.05) is 26.2 Å². The average Bonchev–Trinajstić information content (AvgIpc) is 2.41. The second-order valence-electron chi connectivity index (χ2n) is 4.88. The van der Waals surface area contributed by atoms with Crippen LogP contribution in [0.4, 0.5) is 4.39 Å². The summed E-state index contributed by atoms with van der Waals surface area (Å²) >= 11 is 0. The van der Waals surface area contributed by atoms with Crippen LogP contribution in [-0.2, 0) is 16.6 Å². The van der Waals surface area contributed by atoms with E-state index in [1.54, 1.807) is 0 Å². The Labute approximate surface area is 120 Å². The van der Waals surface area contributed by atoms with Gasteiger partial charge in [0, 0.05) is 18.7 Å². The van der Waals surface area contributed by atoms with E-state index < -0.39 is 15.8 Å². The van der Waals surface area contributed by atoms with Crippen LogP contribution in [0.5, 0.6) is 0 Å². The molecule has 4 nitrogen and oxygen atoms in total. The third-order valence-corrected chi connectivity index (χ3v) is 4.60. The van der Waals surface area contributed by atoms with Crippen molar-refractivity contribution in [2.45, 2.75) is 51.0 Å². The van der Waals surface area contributed by atoms with Gasteiger partial charge in [-0.25, -0.2) is 17.5 Å². The normalized spacial score (nSPS) is 11.8. The van der Waals surface area contributed by atoms with Gasteiger partial charge in [0.2, 0.25) is 10.0 Å². The minimum Gasteiger partial charge on any atom is -0.326 e. The molecule has 114 valence electrons. The highest BCUT2D eigenvalue weighted by molar-refractivity contribution is 7.89. The van der Waals surface area contributed by atoms with Gasteiger partial charge in [-0.2, -0.15) is 0 Å². The quantitative estimate of drug-likeness (QED) is 0.725. The Balaban J connectivity index is 2.80. The molecule has 0 radical (unpaired) electrons. The average molecular weight is 302 g/mol. The number of rotatable bonds is 8. The number of nitrogens with two attached hydrogens (primary N) is 1. The summed E-state index contributed by atoms with van der Waals surface area (Å²) in [6.07, 6.45) is 3.99. The van der Waals surface area contributed by atoms with Crippen molar-refractivity contribution in [3.8, 4) is 0 Å². The summed E-state index contributed by atoms with van der Waals surface area (Å²) in [6.45, 7) is 4.01. The number of benzene rings is 1. The zero-order chi connectivity index (χ0) is 15.2. The third kappa shape index (κ3) is 4.54. The maximum absolute atomic E-state index is 13.7. The summed E-state index contributed by atoms with van der Waals surface area (Å²) in [5, 5.41) is 0. The fraction of sp³-hybridized carbons (Fsp3) is 0.571. The van der Waals surface area contributed by atoms with Crippen LogP contribution in [0.15, 0.2) is 17.0 Å². The lowest BCUT2D eigenvalue weighted by molar-refractivity contribution is 0.571. The SMILES string of the molecule is CCCCCCNS(=O)(=O)c1cc(C)c(F)c(CN)c1. The summed E-state index contributed by atoms with van der Waals surface area (Å²) in [5.41, 5.74) is 5.94. The molecule has 0 atom stereocenters. The third-order valence-electron chi connectivity index (χ3n) is 3.16. The van der Waals surface area contributed by atoms with Crippen LogP contribution in [0.1, 0.15) is 43.7 Å². The molecule has 20 heavy (non-hydrogen) atoms. The molecule has 1 rings (SSSR count). The maximum atomic E-state index is 13.7. The number of aryl methyl sites for hydroxylation is 1. The van der Waals surface area contributed by atoms with Crippen molar-refractivity contribution >= 4 is 10.0 Å². The van der Waals surface area contributed by atoms with Gasteiger partial charge in [-0.15, -0.1) is 0 Å². The second-order valence-corrected chi connectivity index (χ2v) is 6.64. The molecular formula is C14H23FN2O2S. The Morgan fingerprint density at radius 2 is 1.95 bits per heavy atom. The Morgan fingerprint density at radius 3 is 2.55 bits per heavy atom. The molecule has 0 heterocycles. The van der Waals surface area contributed by atoms with Crippen LogP contribution < -0.4 is 10.5 Å². The van der Waals surface area contributed by atoms with Crippen molar-refractivity contribution in [1.29, 1.82) is 0 Å². The lowest BCUT2D eigenvalue weighted by atomic mass is 10.1. The van der Waals surface area contributed by atoms with Crippen LogP contribution >= 0.6 is 0 Å². The van der Waals surface area contributed by atoms with E-state index in [2.05, 4.69) is 11.6 Å². The zero-order valence-corrected chi connectivity index (χ0v) is 12.9. The molecule has 0 bridgehead atoms. The first-order valence-corrected chi connectivity index (χ1v) is 8.39. The molecule has 0 saturated carbocycles. The van der Waals surface area contributed by atoms with Gasteiger partial charge in [-0.3, -0.25) is 0 Å². The predicted molar refractivity (Wildman–Crippen MR) is 78.4 cm³/mol. The second kappa shape index (κ2) is 7.71. The minimum atomic E-state index is -3.59. The van der Waals surface area contributed by atoms with E-state index >= 15 is 0 Å². The monoisotopic (exact) mass is 302 g/mol. The maximum Gasteiger partial charge on any atom is 0.240 e. The fourth-order valence-corrected chi connectivity index (χ4v) is 3.16.